The molecule has 2 aliphatic rings. The number of carboxylic acids is 1. The molecule has 1 atom stereocenters. The van der Waals surface area contributed by atoms with Crippen LogP contribution in [0.15, 0.2) is 30.3 Å². The van der Waals surface area contributed by atoms with Gasteiger partial charge in [0.15, 0.2) is 17.7 Å². The number of ether oxygens (including phenoxy) is 2. The van der Waals surface area contributed by atoms with E-state index in [1.165, 1.54) is 23.1 Å². The largest absolute Gasteiger partial charge is 0.490 e. The van der Waals surface area contributed by atoms with Crippen LogP contribution in [-0.4, -0.2) is 35.7 Å². The third kappa shape index (κ3) is 5.21. The van der Waals surface area contributed by atoms with E-state index in [2.05, 4.69) is 0 Å². The van der Waals surface area contributed by atoms with E-state index in [9.17, 15) is 19.1 Å². The van der Waals surface area contributed by atoms with Crippen molar-refractivity contribution in [3.05, 3.63) is 80.9 Å². The lowest BCUT2D eigenvalue weighted by atomic mass is 9.83. The molecular weight excluding hydrogens is 528 g/mol. The fourth-order valence-electron chi connectivity index (χ4n) is 5.99. The monoisotopic (exact) mass is 563 g/mol. The highest BCUT2D eigenvalue weighted by Crippen LogP contribution is 2.48. The third-order valence-electron chi connectivity index (χ3n) is 7.80. The highest BCUT2D eigenvalue weighted by Gasteiger charge is 2.37. The second kappa shape index (κ2) is 10.6. The highest BCUT2D eigenvalue weighted by atomic mass is 19.1. The van der Waals surface area contributed by atoms with Gasteiger partial charge in [-0.1, -0.05) is 6.07 Å². The van der Waals surface area contributed by atoms with Crippen LogP contribution in [0, 0.1) is 32.4 Å². The Kier molecular flexibility index (Phi) is 7.40. The second-order valence-corrected chi connectivity index (χ2v) is 11.9. The van der Waals surface area contributed by atoms with Crippen molar-refractivity contribution >= 4 is 17.6 Å². The Morgan fingerprint density at radius 3 is 2.41 bits per heavy atom. The van der Waals surface area contributed by atoms with Crippen molar-refractivity contribution in [1.82, 2.24) is 0 Å². The van der Waals surface area contributed by atoms with E-state index < -0.39 is 35.2 Å². The van der Waals surface area contributed by atoms with Gasteiger partial charge in [-0.15, -0.1) is 0 Å². The smallest absolute Gasteiger partial charge is 0.337 e. The van der Waals surface area contributed by atoms with Gasteiger partial charge < -0.3 is 19.5 Å². The van der Waals surface area contributed by atoms with Gasteiger partial charge in [0, 0.05) is 23.4 Å². The van der Waals surface area contributed by atoms with Crippen LogP contribution in [0.3, 0.4) is 0 Å². The van der Waals surface area contributed by atoms with Crippen LogP contribution in [-0.2, 0) is 22.4 Å². The molecule has 0 saturated heterocycles. The molecule has 1 amide bonds. The minimum atomic E-state index is -1.34. The average molecular weight is 564 g/mol. The molecule has 3 aromatic carbocycles. The van der Waals surface area contributed by atoms with Crippen LogP contribution < -0.4 is 9.64 Å². The van der Waals surface area contributed by atoms with E-state index >= 15 is 4.39 Å². The van der Waals surface area contributed by atoms with Crippen molar-refractivity contribution in [1.29, 1.82) is 0 Å². The van der Waals surface area contributed by atoms with E-state index in [0.29, 0.717) is 58.5 Å². The summed E-state index contributed by atoms with van der Waals surface area (Å²) in [7, 11) is 0. The van der Waals surface area contributed by atoms with Gasteiger partial charge in [-0.05, 0) is 118 Å². The molecule has 0 aliphatic carbocycles. The molecule has 0 spiro atoms. The van der Waals surface area contributed by atoms with Crippen molar-refractivity contribution in [2.75, 3.05) is 18.1 Å². The molecular formula is C33H35F2NO5. The summed E-state index contributed by atoms with van der Waals surface area (Å²) in [5, 5.41) is 10.4. The number of hydrogen-bond acceptors (Lipinski definition) is 4. The molecule has 216 valence electrons. The van der Waals surface area contributed by atoms with Crippen LogP contribution in [0.5, 0.6) is 5.75 Å². The molecule has 2 aliphatic heterocycles. The molecule has 0 unspecified atom stereocenters. The van der Waals surface area contributed by atoms with Crippen molar-refractivity contribution in [3.8, 4) is 16.9 Å². The van der Waals surface area contributed by atoms with Crippen molar-refractivity contribution in [3.63, 3.8) is 0 Å². The summed E-state index contributed by atoms with van der Waals surface area (Å²) in [4.78, 5) is 27.8. The SMILES string of the molecule is Cc1ccc(C(=O)N2CCc3c2cc(C)c([C@H](OC(C)(C)C)C(=O)O)c3-c2cc(F)c3c(c2C)CCCO3)c(F)c1. The molecule has 2 heterocycles. The topological polar surface area (TPSA) is 76.1 Å². The Labute approximate surface area is 238 Å². The number of nitrogens with zero attached hydrogens (tertiary/aromatic N) is 1. The molecule has 1 N–H and O–H groups in total. The van der Waals surface area contributed by atoms with E-state index in [1.54, 1.807) is 46.8 Å². The fourth-order valence-corrected chi connectivity index (χ4v) is 5.99. The molecule has 0 aromatic heterocycles. The lowest BCUT2D eigenvalue weighted by molar-refractivity contribution is -0.160. The predicted octanol–water partition coefficient (Wildman–Crippen LogP) is 7.03. The summed E-state index contributed by atoms with van der Waals surface area (Å²) in [6.07, 6.45) is 0.413. The van der Waals surface area contributed by atoms with E-state index in [-0.39, 0.29) is 17.9 Å². The number of aryl methyl sites for hydroxylation is 2. The molecule has 3 aromatic rings. The van der Waals surface area contributed by atoms with Crippen molar-refractivity contribution < 1.29 is 33.0 Å². The summed E-state index contributed by atoms with van der Waals surface area (Å²) in [6, 6.07) is 7.66. The normalized spacial score (nSPS) is 15.3. The zero-order valence-corrected chi connectivity index (χ0v) is 24.3. The van der Waals surface area contributed by atoms with Crippen LogP contribution in [0.2, 0.25) is 0 Å². The molecule has 0 bridgehead atoms. The summed E-state index contributed by atoms with van der Waals surface area (Å²) >= 11 is 0. The molecule has 8 heteroatoms. The van der Waals surface area contributed by atoms with Crippen LogP contribution in [0.1, 0.15) is 77.0 Å². The van der Waals surface area contributed by atoms with Gasteiger partial charge in [0.05, 0.1) is 17.8 Å². The number of halogens is 2. The standard InChI is InChI=1S/C33H35F2NO5/c1-17-9-10-21(24(34)14-17)31(37)36-12-11-22-26(36)15-18(2)27(30(32(38)39)41-33(4,5)6)28(22)23-16-25(35)29-20(19(23)3)8-7-13-40-29/h9-10,14-16,30H,7-8,11-13H2,1-6H3,(H,38,39)/t30-/m0/s1. The first kappa shape index (κ1) is 28.7. The maximum Gasteiger partial charge on any atom is 0.337 e. The number of rotatable bonds is 5. The van der Waals surface area contributed by atoms with Crippen molar-refractivity contribution in [2.24, 2.45) is 0 Å². The number of carboxylic acid groups (broad SMARTS) is 1. The van der Waals surface area contributed by atoms with E-state index in [4.69, 9.17) is 9.47 Å². The van der Waals surface area contributed by atoms with Crippen LogP contribution in [0.4, 0.5) is 14.5 Å². The number of hydrogen-bond donors (Lipinski definition) is 1. The first-order valence-corrected chi connectivity index (χ1v) is 13.9. The summed E-state index contributed by atoms with van der Waals surface area (Å²) in [5.41, 5.74) is 4.76. The Morgan fingerprint density at radius 1 is 1.02 bits per heavy atom. The van der Waals surface area contributed by atoms with Gasteiger partial charge in [-0.2, -0.15) is 0 Å². The lowest BCUT2D eigenvalue weighted by Gasteiger charge is -2.30. The fraction of sp³-hybridized carbons (Fsp3) is 0.394. The molecule has 0 saturated carbocycles. The van der Waals surface area contributed by atoms with Gasteiger partial charge in [-0.3, -0.25) is 4.79 Å². The zero-order chi connectivity index (χ0) is 29.8. The quantitative estimate of drug-likeness (QED) is 0.361. The minimum Gasteiger partial charge on any atom is -0.490 e. The summed E-state index contributed by atoms with van der Waals surface area (Å²) < 4.78 is 42.1. The second-order valence-electron chi connectivity index (χ2n) is 11.9. The van der Waals surface area contributed by atoms with Crippen molar-refractivity contribution in [2.45, 2.75) is 72.5 Å². The van der Waals surface area contributed by atoms with E-state index in [1.807, 2.05) is 6.92 Å². The number of carbonyl (C=O) groups excluding carboxylic acids is 1. The highest BCUT2D eigenvalue weighted by molar-refractivity contribution is 6.08. The number of aliphatic carboxylic acids is 1. The first-order chi connectivity index (χ1) is 19.3. The first-order valence-electron chi connectivity index (χ1n) is 13.9. The van der Waals surface area contributed by atoms with Gasteiger partial charge >= 0.3 is 5.97 Å². The van der Waals surface area contributed by atoms with Gasteiger partial charge in [-0.25, -0.2) is 13.6 Å². The Hall–Kier alpha value is -3.78. The Morgan fingerprint density at radius 2 is 1.76 bits per heavy atom. The van der Waals surface area contributed by atoms with Gasteiger partial charge in [0.2, 0.25) is 0 Å². The molecule has 41 heavy (non-hydrogen) atoms. The molecule has 0 fully saturated rings. The average Bonchev–Trinajstić information content (AvgIpc) is 3.31. The van der Waals surface area contributed by atoms with Gasteiger partial charge in [0.1, 0.15) is 5.82 Å². The number of fused-ring (bicyclic) bond motifs is 2. The predicted molar refractivity (Wildman–Crippen MR) is 153 cm³/mol. The Bertz CT molecular complexity index is 1570. The number of carbonyl (C=O) groups is 2. The third-order valence-corrected chi connectivity index (χ3v) is 7.80. The number of anilines is 1. The van der Waals surface area contributed by atoms with Crippen LogP contribution >= 0.6 is 0 Å². The van der Waals surface area contributed by atoms with Gasteiger partial charge in [0.25, 0.3) is 5.91 Å². The zero-order valence-electron chi connectivity index (χ0n) is 24.3. The number of amides is 1. The Balaban J connectivity index is 1.78. The van der Waals surface area contributed by atoms with Crippen LogP contribution in [0.25, 0.3) is 11.1 Å². The molecule has 0 radical (unpaired) electrons. The molecule has 6 nitrogen and oxygen atoms in total. The maximum absolute atomic E-state index is 15.5. The lowest BCUT2D eigenvalue weighted by Crippen LogP contribution is -2.30. The van der Waals surface area contributed by atoms with E-state index in [0.717, 1.165) is 17.5 Å². The minimum absolute atomic E-state index is 0.0423. The maximum atomic E-state index is 15.5. The summed E-state index contributed by atoms with van der Waals surface area (Å²) in [5.74, 6) is -2.54. The summed E-state index contributed by atoms with van der Waals surface area (Å²) in [6.45, 7) is 11.5. The number of benzene rings is 3. The molecule has 5 rings (SSSR count).